The summed E-state index contributed by atoms with van der Waals surface area (Å²) in [7, 11) is 0. The molecule has 12 aromatic heterocycles. The van der Waals surface area contributed by atoms with Crippen LogP contribution >= 0.6 is 0 Å². The van der Waals surface area contributed by atoms with Gasteiger partial charge in [-0.15, -0.1) is 0 Å². The molecule has 37 heteroatoms. The molecule has 12 heterocycles. The van der Waals surface area contributed by atoms with E-state index >= 15 is 0 Å². The molecule has 0 aliphatic carbocycles. The maximum absolute atomic E-state index is 12.8. The number of aromatic nitrogens is 18. The molecule has 0 N–H and O–H groups in total. The van der Waals surface area contributed by atoms with Gasteiger partial charge in [-0.25, -0.2) is 17.6 Å². The van der Waals surface area contributed by atoms with Crippen molar-refractivity contribution < 1.29 is 133 Å². The molecular weight excluding hydrogens is 1800 g/mol. The molecule has 0 spiro atoms. The summed E-state index contributed by atoms with van der Waals surface area (Å²) in [4.78, 5) is 23.1. The first-order valence-corrected chi connectivity index (χ1v) is 24.5. The molecule has 0 aliphatic heterocycles. The normalized spacial score (nSPS) is 10.9. The largest absolute Gasteiger partial charge is 2.00 e. The van der Waals surface area contributed by atoms with Crippen molar-refractivity contribution in [3.8, 4) is 68.3 Å². The van der Waals surface area contributed by atoms with Crippen LogP contribution in [0.4, 0.5) is 70.2 Å². The van der Waals surface area contributed by atoms with Crippen LogP contribution in [0.15, 0.2) is 152 Å². The summed E-state index contributed by atoms with van der Waals surface area (Å²) in [5.41, 5.74) is 1.39. The number of hydrogen-bond acceptors (Lipinski definition) is 12. The average Bonchev–Trinajstić information content (AvgIpc) is 1.65. The number of alkyl halides is 12. The van der Waals surface area contributed by atoms with Crippen LogP contribution < -0.4 is 30.6 Å². The molecule has 92 heavy (non-hydrogen) atoms. The van der Waals surface area contributed by atoms with Gasteiger partial charge in [0.05, 0.1) is 28.3 Å². The fourth-order valence-electron chi connectivity index (χ4n) is 6.66. The Kier molecular flexibility index (Phi) is 27.5. The molecule has 0 bridgehead atoms. The van der Waals surface area contributed by atoms with E-state index in [0.29, 0.717) is 22.8 Å². The first-order chi connectivity index (χ1) is 42.0. The van der Waals surface area contributed by atoms with E-state index in [0.717, 1.165) is 114 Å². The van der Waals surface area contributed by atoms with E-state index in [2.05, 4.69) is 91.1 Å². The Morgan fingerprint density at radius 1 is 0.272 bits per heavy atom. The van der Waals surface area contributed by atoms with Crippen molar-refractivity contribution in [2.24, 2.45) is 0 Å². The summed E-state index contributed by atoms with van der Waals surface area (Å²) in [5.74, 6) is -2.10. The van der Waals surface area contributed by atoms with Crippen LogP contribution in [0.25, 0.3) is 68.3 Å². The van der Waals surface area contributed by atoms with Crippen LogP contribution in [0.5, 0.6) is 0 Å². The summed E-state index contributed by atoms with van der Waals surface area (Å²) in [6.07, 6.45) is -10.3. The van der Waals surface area contributed by atoms with Crippen LogP contribution in [0.3, 0.4) is 0 Å². The van der Waals surface area contributed by atoms with Crippen molar-refractivity contribution in [2.75, 3.05) is 0 Å². The molecule has 0 atom stereocenters. The van der Waals surface area contributed by atoms with Crippen molar-refractivity contribution in [1.82, 2.24) is 91.1 Å². The third kappa shape index (κ3) is 22.8. The van der Waals surface area contributed by atoms with Crippen LogP contribution in [-0.2, 0) is 87.9 Å². The molecule has 0 saturated carbocycles. The fourth-order valence-corrected chi connectivity index (χ4v) is 6.66. The maximum Gasteiger partial charge on any atom is 2.00 e. The number of pyridine rings is 6. The van der Waals surface area contributed by atoms with Gasteiger partial charge in [0.15, 0.2) is 0 Å². The Morgan fingerprint density at radius 2 is 0.533 bits per heavy atom. The minimum Gasteiger partial charge on any atom is -0.574 e. The number of halogens is 16. The maximum atomic E-state index is 12.8. The summed E-state index contributed by atoms with van der Waals surface area (Å²) in [6, 6.07) is 23.9. The first-order valence-electron chi connectivity index (χ1n) is 24.5. The molecule has 0 unspecified atom stereocenters. The van der Waals surface area contributed by atoms with Gasteiger partial charge < -0.3 is 61.2 Å². The van der Waals surface area contributed by atoms with Gasteiger partial charge in [-0.1, -0.05) is 58.4 Å². The van der Waals surface area contributed by atoms with E-state index < -0.39 is 64.8 Å². The molecule has 12 rings (SSSR count). The van der Waals surface area contributed by atoms with E-state index in [9.17, 15) is 70.2 Å². The summed E-state index contributed by atoms with van der Waals surface area (Å²) >= 11 is 0. The zero-order valence-corrected chi connectivity index (χ0v) is 52.8. The van der Waals surface area contributed by atoms with E-state index in [1.165, 1.54) is 18.3 Å². The first kappa shape index (κ1) is 75.6. The molecule has 0 amide bonds. The second-order valence-electron chi connectivity index (χ2n) is 17.5. The minimum atomic E-state index is -4.56. The Morgan fingerprint density at radius 3 is 0.772 bits per heavy atom. The van der Waals surface area contributed by atoms with Crippen molar-refractivity contribution in [1.29, 1.82) is 0 Å². The van der Waals surface area contributed by atoms with Gasteiger partial charge >= 0.3 is 87.9 Å². The summed E-state index contributed by atoms with van der Waals surface area (Å²) in [6.45, 7) is 5.46. The Bertz CT molecular complexity index is 3970. The predicted octanol–water partition coefficient (Wildman–Crippen LogP) is 12.2. The number of nitrogens with zero attached hydrogens (tertiary/aromatic N) is 18. The van der Waals surface area contributed by atoms with Crippen LogP contribution in [-0.4, -0.2) is 60.5 Å². The monoisotopic (exact) mass is 1840 g/mol. The summed E-state index contributed by atoms with van der Waals surface area (Å²) < 4.78 is 198. The second-order valence-corrected chi connectivity index (χ2v) is 17.5. The standard InChI is InChI=1S/C10H7F3N3.3C9H4F4N3.C9H7FN3.C9H8N3.3Pt/c1-6-4-9(16-15-6)8-5-7(2-3-14-8)10(11,12)13;3*10-5-1-2-14-6(3-5)7-4-8(16-15-7)9(11,12)13;1-6-4-9(13-12-6)8-5-7(10)2-3-11-8;1-7-6-9(12-11-7)8-4-2-3-5-10-8;;;/h2-5H,1H3;3*1-4H;2-5H,1H3;2-6H,1H3;;;/q6*-1;3*+2. The average molecular weight is 1840 g/mol. The van der Waals surface area contributed by atoms with Gasteiger partial charge in [-0.05, 0) is 112 Å². The topological polar surface area (TPSA) is 239 Å². The number of hydrogen-bond donors (Lipinski definition) is 0. The molecule has 486 valence electrons. The van der Waals surface area contributed by atoms with Crippen LogP contribution in [0.1, 0.15) is 39.7 Å². The number of rotatable bonds is 6. The molecular formula is C55H34F16N18Pt3. The van der Waals surface area contributed by atoms with Crippen molar-refractivity contribution in [3.05, 3.63) is 215 Å². The van der Waals surface area contributed by atoms with E-state index in [-0.39, 0.29) is 109 Å². The Labute approximate surface area is 550 Å². The summed E-state index contributed by atoms with van der Waals surface area (Å²) in [5, 5.41) is 41.7. The molecule has 0 saturated heterocycles. The smallest absolute Gasteiger partial charge is 0.574 e. The van der Waals surface area contributed by atoms with Gasteiger partial charge in [0.2, 0.25) is 0 Å². The molecule has 0 aliphatic rings. The SMILES string of the molecule is Cc1cc(-c2cc(C(F)(F)F)ccn2)[n-]n1.Cc1cc(-c2cc(F)ccn2)[n-]n1.Cc1cc(-c2ccccn2)[n-]n1.Fc1ccnc(-c2cc(C(F)(F)F)n[n-]2)c1.Fc1ccnc(-c2cc(C(F)(F)F)n[n-]2)c1.Fc1ccnc(-c2cc(C(F)(F)F)n[n-]2)c1.[Pt+2].[Pt+2].[Pt+2]. The van der Waals surface area contributed by atoms with Gasteiger partial charge in [0.1, 0.15) is 40.4 Å². The van der Waals surface area contributed by atoms with Gasteiger partial charge in [-0.2, -0.15) is 52.7 Å². The van der Waals surface area contributed by atoms with Crippen molar-refractivity contribution >= 4 is 0 Å². The zero-order chi connectivity index (χ0) is 64.7. The Hall–Kier alpha value is -8.90. The van der Waals surface area contributed by atoms with E-state index in [1.807, 2.05) is 38.1 Å². The molecule has 18 nitrogen and oxygen atoms in total. The quantitative estimate of drug-likeness (QED) is 0.141. The third-order valence-electron chi connectivity index (χ3n) is 10.7. The molecule has 0 radical (unpaired) electrons. The Balaban J connectivity index is 0.000000235. The fraction of sp³-hybridized carbons (Fsp3) is 0.127. The van der Waals surface area contributed by atoms with Crippen molar-refractivity contribution in [2.45, 2.75) is 45.5 Å². The predicted molar refractivity (Wildman–Crippen MR) is 279 cm³/mol. The van der Waals surface area contributed by atoms with Gasteiger partial charge in [0, 0.05) is 65.7 Å². The zero-order valence-electron chi connectivity index (χ0n) is 46.0. The molecule has 0 aromatic carbocycles. The second kappa shape index (κ2) is 33.4. The third-order valence-corrected chi connectivity index (χ3v) is 10.7. The minimum absolute atomic E-state index is 0. The van der Waals surface area contributed by atoms with Crippen LogP contribution in [0.2, 0.25) is 0 Å². The van der Waals surface area contributed by atoms with Gasteiger partial charge in [0.25, 0.3) is 0 Å². The van der Waals surface area contributed by atoms with Crippen LogP contribution in [0, 0.1) is 44.0 Å². The van der Waals surface area contributed by atoms with Crippen molar-refractivity contribution in [3.63, 3.8) is 0 Å². The van der Waals surface area contributed by atoms with E-state index in [1.54, 1.807) is 25.3 Å². The molecule has 12 aromatic rings. The molecule has 0 fully saturated rings. The number of aryl methyl sites for hydroxylation is 3. The van der Waals surface area contributed by atoms with E-state index in [4.69, 9.17) is 0 Å². The van der Waals surface area contributed by atoms with Gasteiger partial charge in [-0.3, -0.25) is 29.9 Å².